The van der Waals surface area contributed by atoms with Crippen molar-refractivity contribution in [1.29, 1.82) is 0 Å². The Balaban J connectivity index is 1.36. The minimum atomic E-state index is 0.304. The Labute approximate surface area is 201 Å². The zero-order valence-electron chi connectivity index (χ0n) is 18.0. The molecule has 2 aromatic heterocycles. The molecule has 0 unspecified atom stereocenters. The molecule has 1 aliphatic heterocycles. The van der Waals surface area contributed by atoms with Crippen molar-refractivity contribution < 1.29 is 5.11 Å². The highest BCUT2D eigenvalue weighted by Gasteiger charge is 2.15. The molecule has 1 aliphatic rings. The van der Waals surface area contributed by atoms with Crippen LogP contribution in [0.4, 0.5) is 23.4 Å². The van der Waals surface area contributed by atoms with Gasteiger partial charge in [-0.05, 0) is 63.2 Å². The van der Waals surface area contributed by atoms with E-state index in [0.717, 1.165) is 42.1 Å². The number of imidazole rings is 1. The summed E-state index contributed by atoms with van der Waals surface area (Å²) in [5.41, 5.74) is 3.97. The van der Waals surface area contributed by atoms with Crippen LogP contribution in [0.5, 0.6) is 5.75 Å². The molecule has 170 valence electrons. The van der Waals surface area contributed by atoms with Crippen molar-refractivity contribution in [2.75, 3.05) is 23.7 Å². The number of aromatic nitrogens is 4. The summed E-state index contributed by atoms with van der Waals surface area (Å²) in [6, 6.07) is 10.8. The van der Waals surface area contributed by atoms with Crippen LogP contribution in [0.1, 0.15) is 24.1 Å². The molecule has 4 aromatic rings. The molecule has 1 saturated heterocycles. The third kappa shape index (κ3) is 4.98. The van der Waals surface area contributed by atoms with Gasteiger partial charge in [0.2, 0.25) is 11.9 Å². The van der Waals surface area contributed by atoms with Crippen molar-refractivity contribution in [2.24, 2.45) is 0 Å². The minimum Gasteiger partial charge on any atom is -0.508 e. The summed E-state index contributed by atoms with van der Waals surface area (Å²) >= 11 is 12.2. The van der Waals surface area contributed by atoms with Gasteiger partial charge in [0, 0.05) is 29.6 Å². The number of hydrogen-bond acceptors (Lipinski definition) is 7. The second-order valence-electron chi connectivity index (χ2n) is 8.16. The van der Waals surface area contributed by atoms with Gasteiger partial charge in [-0.1, -0.05) is 23.2 Å². The van der Waals surface area contributed by atoms with E-state index in [1.165, 1.54) is 12.8 Å². The number of aryl methyl sites for hydroxylation is 1. The summed E-state index contributed by atoms with van der Waals surface area (Å²) in [6.45, 7) is 4.76. The van der Waals surface area contributed by atoms with Crippen LogP contribution in [0, 0.1) is 6.92 Å². The molecule has 0 spiro atoms. The molecule has 8 nitrogen and oxygen atoms in total. The summed E-state index contributed by atoms with van der Waals surface area (Å²) in [6.07, 6.45) is 2.42. The van der Waals surface area contributed by atoms with Gasteiger partial charge in [0.1, 0.15) is 11.6 Å². The number of anilines is 4. The third-order valence-electron chi connectivity index (χ3n) is 5.55. The van der Waals surface area contributed by atoms with Crippen LogP contribution in [-0.2, 0) is 6.54 Å². The van der Waals surface area contributed by atoms with Crippen LogP contribution >= 0.6 is 23.2 Å². The number of hydrogen-bond donors (Lipinski definition) is 4. The zero-order chi connectivity index (χ0) is 22.9. The predicted molar refractivity (Wildman–Crippen MR) is 132 cm³/mol. The zero-order valence-corrected chi connectivity index (χ0v) is 19.5. The molecule has 0 radical (unpaired) electrons. The van der Waals surface area contributed by atoms with Crippen molar-refractivity contribution >= 4 is 57.6 Å². The molecule has 10 heteroatoms. The number of benzene rings is 2. The Morgan fingerprint density at radius 3 is 2.61 bits per heavy atom. The van der Waals surface area contributed by atoms with E-state index in [9.17, 15) is 5.11 Å². The van der Waals surface area contributed by atoms with Crippen LogP contribution < -0.4 is 10.6 Å². The number of nitrogens with zero attached hydrogens (tertiary/aromatic N) is 4. The van der Waals surface area contributed by atoms with E-state index >= 15 is 0 Å². The number of fused-ring (bicyclic) bond motifs is 1. The Hall–Kier alpha value is -3.07. The van der Waals surface area contributed by atoms with Crippen molar-refractivity contribution in [3.63, 3.8) is 0 Å². The topological polar surface area (TPSA) is 102 Å². The smallest absolute Gasteiger partial charge is 0.231 e. The van der Waals surface area contributed by atoms with Crippen LogP contribution in [0.15, 0.2) is 36.4 Å². The average Bonchev–Trinajstić information content (AvgIpc) is 3.40. The van der Waals surface area contributed by atoms with E-state index in [2.05, 4.69) is 35.5 Å². The first-order valence-corrected chi connectivity index (χ1v) is 11.5. The van der Waals surface area contributed by atoms with E-state index < -0.39 is 0 Å². The van der Waals surface area contributed by atoms with Gasteiger partial charge in [-0.25, -0.2) is 9.97 Å². The van der Waals surface area contributed by atoms with Gasteiger partial charge >= 0.3 is 0 Å². The molecule has 4 N–H and O–H groups in total. The molecule has 0 bridgehead atoms. The molecule has 1 fully saturated rings. The van der Waals surface area contributed by atoms with Gasteiger partial charge in [-0.2, -0.15) is 4.98 Å². The van der Waals surface area contributed by atoms with E-state index in [-0.39, 0.29) is 0 Å². The molecule has 5 rings (SSSR count). The number of phenolic OH excluding ortho intramolecular Hbond substituents is 1. The number of aromatic amines is 1. The van der Waals surface area contributed by atoms with Crippen LogP contribution in [0.25, 0.3) is 11.0 Å². The molecule has 0 saturated carbocycles. The van der Waals surface area contributed by atoms with E-state index in [0.29, 0.717) is 39.0 Å². The lowest BCUT2D eigenvalue weighted by Crippen LogP contribution is -2.18. The molecular formula is C23H23Cl2N7O. The minimum absolute atomic E-state index is 0.304. The normalized spacial score (nSPS) is 14.2. The van der Waals surface area contributed by atoms with Gasteiger partial charge in [0.15, 0.2) is 0 Å². The fraction of sp³-hybridized carbons (Fsp3) is 0.261. The number of rotatable bonds is 6. The third-order valence-corrected chi connectivity index (χ3v) is 6.28. The van der Waals surface area contributed by atoms with Gasteiger partial charge in [0.25, 0.3) is 0 Å². The lowest BCUT2D eigenvalue weighted by atomic mass is 10.1. The average molecular weight is 484 g/mol. The first-order chi connectivity index (χ1) is 15.9. The van der Waals surface area contributed by atoms with Gasteiger partial charge in [-0.15, -0.1) is 0 Å². The summed E-state index contributed by atoms with van der Waals surface area (Å²) in [5, 5.41) is 17.6. The summed E-state index contributed by atoms with van der Waals surface area (Å²) in [7, 11) is 0. The summed E-state index contributed by atoms with van der Waals surface area (Å²) in [5.74, 6) is 1.81. The molecule has 33 heavy (non-hydrogen) atoms. The maximum atomic E-state index is 10.3. The Morgan fingerprint density at radius 1 is 1.00 bits per heavy atom. The van der Waals surface area contributed by atoms with Crippen molar-refractivity contribution in [3.05, 3.63) is 57.7 Å². The van der Waals surface area contributed by atoms with E-state index in [1.807, 2.05) is 25.1 Å². The molecule has 0 amide bonds. The molecule has 2 aromatic carbocycles. The van der Waals surface area contributed by atoms with Gasteiger partial charge < -0.3 is 15.4 Å². The Bertz CT molecular complexity index is 1280. The van der Waals surface area contributed by atoms with Gasteiger partial charge in [-0.3, -0.25) is 10.2 Å². The Morgan fingerprint density at radius 2 is 1.79 bits per heavy atom. The number of aromatic hydroxyl groups is 1. The maximum absolute atomic E-state index is 10.3. The molecule has 0 aliphatic carbocycles. The highest BCUT2D eigenvalue weighted by molar-refractivity contribution is 6.42. The summed E-state index contributed by atoms with van der Waals surface area (Å²) < 4.78 is 0. The first-order valence-electron chi connectivity index (χ1n) is 10.7. The van der Waals surface area contributed by atoms with Crippen LogP contribution in [-0.4, -0.2) is 43.0 Å². The fourth-order valence-electron chi connectivity index (χ4n) is 3.98. The molecule has 3 heterocycles. The highest BCUT2D eigenvalue weighted by Crippen LogP contribution is 2.29. The lowest BCUT2D eigenvalue weighted by molar-refractivity contribution is 0.324. The monoisotopic (exact) mass is 483 g/mol. The quantitative estimate of drug-likeness (QED) is 0.258. The van der Waals surface area contributed by atoms with E-state index in [1.54, 1.807) is 18.2 Å². The maximum Gasteiger partial charge on any atom is 0.231 e. The number of H-pyrrole nitrogens is 1. The Kier molecular flexibility index (Phi) is 5.97. The number of phenols is 1. The molecular weight excluding hydrogens is 461 g/mol. The first kappa shape index (κ1) is 21.8. The van der Waals surface area contributed by atoms with Gasteiger partial charge in [0.05, 0.1) is 21.1 Å². The fourth-order valence-corrected chi connectivity index (χ4v) is 4.30. The number of likely N-dealkylation sites (tertiary alicyclic amines) is 1. The van der Waals surface area contributed by atoms with Crippen LogP contribution in [0.2, 0.25) is 10.0 Å². The summed E-state index contributed by atoms with van der Waals surface area (Å²) in [4.78, 5) is 19.0. The predicted octanol–water partition coefficient (Wildman–Crippen LogP) is 5.76. The second kappa shape index (κ2) is 9.05. The van der Waals surface area contributed by atoms with Crippen LogP contribution in [0.3, 0.4) is 0 Å². The van der Waals surface area contributed by atoms with Crippen molar-refractivity contribution in [1.82, 2.24) is 24.8 Å². The highest BCUT2D eigenvalue weighted by atomic mass is 35.5. The van der Waals surface area contributed by atoms with Crippen molar-refractivity contribution in [3.8, 4) is 5.75 Å². The standard InChI is InChI=1S/C23H23Cl2N7O/c1-13-8-21(27-15-4-5-20(33)14(9-15)12-32-6-2-3-7-32)30-22(26-13)31-23-28-18-10-16(24)17(25)11-19(18)29-23/h4-5,8-11,33H,2-3,6-7,12H2,1H3,(H3,26,27,28,29,30,31). The number of nitrogens with one attached hydrogen (secondary N) is 3. The largest absolute Gasteiger partial charge is 0.508 e. The molecule has 0 atom stereocenters. The lowest BCUT2D eigenvalue weighted by Gasteiger charge is -2.17. The number of halogens is 2. The second-order valence-corrected chi connectivity index (χ2v) is 8.98. The van der Waals surface area contributed by atoms with Crippen molar-refractivity contribution in [2.45, 2.75) is 26.3 Å². The van der Waals surface area contributed by atoms with E-state index in [4.69, 9.17) is 23.2 Å². The SMILES string of the molecule is Cc1cc(Nc2ccc(O)c(CN3CCCC3)c2)nc(Nc2nc3cc(Cl)c(Cl)cc3[nH]2)n1.